The number of thioether (sulfide) groups is 1. The summed E-state index contributed by atoms with van der Waals surface area (Å²) in [6.07, 6.45) is 5.33. The predicted octanol–water partition coefficient (Wildman–Crippen LogP) is 2.46. The first-order valence-electron chi connectivity index (χ1n) is 3.97. The minimum absolute atomic E-state index is 0.925. The Morgan fingerprint density at radius 2 is 2.33 bits per heavy atom. The number of aromatic amines is 1. The summed E-state index contributed by atoms with van der Waals surface area (Å²) < 4.78 is 0. The van der Waals surface area contributed by atoms with Gasteiger partial charge in [0.15, 0.2) is 5.16 Å². The molecule has 68 valence electrons. The molecule has 1 heterocycles. The Balaban J connectivity index is 1.96. The van der Waals surface area contributed by atoms with Crippen LogP contribution in [0.2, 0.25) is 0 Å². The summed E-state index contributed by atoms with van der Waals surface area (Å²) in [6.45, 7) is 0. The number of aromatic nitrogens is 3. The van der Waals surface area contributed by atoms with Crippen molar-refractivity contribution in [3.8, 4) is 0 Å². The highest BCUT2D eigenvalue weighted by molar-refractivity contribution is 9.09. The molecular formula is C7H12BrN3S. The van der Waals surface area contributed by atoms with Crippen molar-refractivity contribution in [2.24, 2.45) is 0 Å². The molecule has 0 aliphatic heterocycles. The number of nitrogens with zero attached hydrogens (tertiary/aromatic N) is 2. The molecule has 0 atom stereocenters. The number of H-pyrrole nitrogens is 1. The van der Waals surface area contributed by atoms with Gasteiger partial charge < -0.3 is 0 Å². The van der Waals surface area contributed by atoms with Gasteiger partial charge in [-0.3, -0.25) is 5.10 Å². The van der Waals surface area contributed by atoms with E-state index < -0.39 is 0 Å². The van der Waals surface area contributed by atoms with Crippen molar-refractivity contribution in [1.29, 1.82) is 0 Å². The Morgan fingerprint density at radius 3 is 3.00 bits per heavy atom. The van der Waals surface area contributed by atoms with Crippen molar-refractivity contribution < 1.29 is 0 Å². The fourth-order valence-electron chi connectivity index (χ4n) is 0.806. The molecule has 0 aromatic carbocycles. The highest BCUT2D eigenvalue weighted by atomic mass is 79.9. The van der Waals surface area contributed by atoms with Crippen LogP contribution in [0.5, 0.6) is 0 Å². The maximum absolute atomic E-state index is 4.02. The number of rotatable bonds is 6. The van der Waals surface area contributed by atoms with Crippen LogP contribution in [0.1, 0.15) is 19.3 Å². The second-order valence-corrected chi connectivity index (χ2v) is 4.27. The molecule has 5 heteroatoms. The third kappa shape index (κ3) is 4.11. The van der Waals surface area contributed by atoms with Gasteiger partial charge in [-0.15, -0.1) is 0 Å². The third-order valence-electron chi connectivity index (χ3n) is 1.41. The van der Waals surface area contributed by atoms with Gasteiger partial charge in [-0.2, -0.15) is 5.10 Å². The SMILES string of the molecule is BrCCCCCSc1ncn[nH]1. The summed E-state index contributed by atoms with van der Waals surface area (Å²) in [6, 6.07) is 0. The molecule has 0 fully saturated rings. The van der Waals surface area contributed by atoms with Crippen molar-refractivity contribution in [3.63, 3.8) is 0 Å². The van der Waals surface area contributed by atoms with Crippen molar-refractivity contribution in [3.05, 3.63) is 6.33 Å². The normalized spacial score (nSPS) is 10.4. The highest BCUT2D eigenvalue weighted by Crippen LogP contribution is 2.13. The van der Waals surface area contributed by atoms with E-state index in [2.05, 4.69) is 31.1 Å². The molecule has 1 rings (SSSR count). The summed E-state index contributed by atoms with van der Waals surface area (Å²) in [5.41, 5.74) is 0. The van der Waals surface area contributed by atoms with Gasteiger partial charge in [0, 0.05) is 11.1 Å². The Labute approximate surface area is 84.9 Å². The van der Waals surface area contributed by atoms with E-state index in [9.17, 15) is 0 Å². The monoisotopic (exact) mass is 249 g/mol. The molecule has 0 radical (unpaired) electrons. The van der Waals surface area contributed by atoms with Gasteiger partial charge in [-0.05, 0) is 12.8 Å². The summed E-state index contributed by atoms with van der Waals surface area (Å²) in [7, 11) is 0. The molecular weight excluding hydrogens is 238 g/mol. The van der Waals surface area contributed by atoms with Crippen LogP contribution in [0.15, 0.2) is 11.5 Å². The highest BCUT2D eigenvalue weighted by Gasteiger charge is 1.95. The zero-order chi connectivity index (χ0) is 8.65. The van der Waals surface area contributed by atoms with Crippen LogP contribution in [0.25, 0.3) is 0 Å². The summed E-state index contributed by atoms with van der Waals surface area (Å²) in [5.74, 6) is 1.13. The van der Waals surface area contributed by atoms with E-state index in [1.54, 1.807) is 18.1 Å². The lowest BCUT2D eigenvalue weighted by Gasteiger charge is -1.96. The molecule has 0 aliphatic rings. The van der Waals surface area contributed by atoms with Crippen molar-refractivity contribution in [1.82, 2.24) is 15.2 Å². The minimum Gasteiger partial charge on any atom is -0.254 e. The minimum atomic E-state index is 0.925. The molecule has 0 spiro atoms. The number of unbranched alkanes of at least 4 members (excludes halogenated alkanes) is 2. The first kappa shape index (κ1) is 10.1. The molecule has 0 amide bonds. The standard InChI is InChI=1S/C7H12BrN3S/c8-4-2-1-3-5-12-7-9-6-10-11-7/h6H,1-5H2,(H,9,10,11). The zero-order valence-corrected chi connectivity index (χ0v) is 9.20. The van der Waals surface area contributed by atoms with Gasteiger partial charge in [0.2, 0.25) is 0 Å². The van der Waals surface area contributed by atoms with Crippen LogP contribution in [-0.4, -0.2) is 26.3 Å². The van der Waals surface area contributed by atoms with E-state index in [1.807, 2.05) is 0 Å². The van der Waals surface area contributed by atoms with Crippen molar-refractivity contribution in [2.45, 2.75) is 24.4 Å². The summed E-state index contributed by atoms with van der Waals surface area (Å²) in [4.78, 5) is 4.02. The van der Waals surface area contributed by atoms with Gasteiger partial charge in [0.05, 0.1) is 0 Å². The smallest absolute Gasteiger partial charge is 0.183 e. The Morgan fingerprint density at radius 1 is 1.42 bits per heavy atom. The van der Waals surface area contributed by atoms with E-state index in [1.165, 1.54) is 19.3 Å². The summed E-state index contributed by atoms with van der Waals surface area (Å²) >= 11 is 5.14. The second kappa shape index (κ2) is 6.48. The largest absolute Gasteiger partial charge is 0.254 e. The first-order valence-corrected chi connectivity index (χ1v) is 6.08. The molecule has 12 heavy (non-hydrogen) atoms. The van der Waals surface area contributed by atoms with Crippen LogP contribution >= 0.6 is 27.7 Å². The Hall–Kier alpha value is -0.0300. The lowest BCUT2D eigenvalue weighted by Crippen LogP contribution is -1.83. The fourth-order valence-corrected chi connectivity index (χ4v) is 1.98. The maximum Gasteiger partial charge on any atom is 0.183 e. The quantitative estimate of drug-likeness (QED) is 0.479. The van der Waals surface area contributed by atoms with Crippen LogP contribution in [0, 0.1) is 0 Å². The molecule has 3 nitrogen and oxygen atoms in total. The maximum atomic E-state index is 4.02. The molecule has 0 bridgehead atoms. The Bertz CT molecular complexity index is 191. The molecule has 0 saturated carbocycles. The topological polar surface area (TPSA) is 41.6 Å². The van der Waals surface area contributed by atoms with Crippen LogP contribution in [0.4, 0.5) is 0 Å². The van der Waals surface area contributed by atoms with Gasteiger partial charge in [-0.25, -0.2) is 4.98 Å². The van der Waals surface area contributed by atoms with E-state index in [0.717, 1.165) is 16.2 Å². The first-order chi connectivity index (χ1) is 5.93. The molecule has 0 unspecified atom stereocenters. The number of nitrogens with one attached hydrogen (secondary N) is 1. The molecule has 1 aromatic rings. The van der Waals surface area contributed by atoms with E-state index in [-0.39, 0.29) is 0 Å². The van der Waals surface area contributed by atoms with Gasteiger partial charge in [0.25, 0.3) is 0 Å². The van der Waals surface area contributed by atoms with E-state index >= 15 is 0 Å². The fraction of sp³-hybridized carbons (Fsp3) is 0.714. The molecule has 1 aromatic heterocycles. The molecule has 0 aliphatic carbocycles. The summed E-state index contributed by atoms with van der Waals surface area (Å²) in [5, 5.41) is 8.63. The van der Waals surface area contributed by atoms with E-state index in [4.69, 9.17) is 0 Å². The number of hydrogen-bond acceptors (Lipinski definition) is 3. The van der Waals surface area contributed by atoms with Crippen LogP contribution in [-0.2, 0) is 0 Å². The van der Waals surface area contributed by atoms with E-state index in [0.29, 0.717) is 0 Å². The molecule has 1 N–H and O–H groups in total. The number of alkyl halides is 1. The Kier molecular flexibility index (Phi) is 5.43. The van der Waals surface area contributed by atoms with Crippen LogP contribution < -0.4 is 0 Å². The van der Waals surface area contributed by atoms with Crippen LogP contribution in [0.3, 0.4) is 0 Å². The van der Waals surface area contributed by atoms with Gasteiger partial charge in [0.1, 0.15) is 6.33 Å². The average Bonchev–Trinajstić information content (AvgIpc) is 2.57. The van der Waals surface area contributed by atoms with Gasteiger partial charge in [-0.1, -0.05) is 34.1 Å². The number of halogens is 1. The van der Waals surface area contributed by atoms with Gasteiger partial charge >= 0.3 is 0 Å². The molecule has 0 saturated heterocycles. The zero-order valence-electron chi connectivity index (χ0n) is 6.79. The van der Waals surface area contributed by atoms with Crippen molar-refractivity contribution in [2.75, 3.05) is 11.1 Å². The predicted molar refractivity (Wildman–Crippen MR) is 54.8 cm³/mol. The lowest BCUT2D eigenvalue weighted by atomic mass is 10.3. The number of hydrogen-bond donors (Lipinski definition) is 1. The van der Waals surface area contributed by atoms with Crippen molar-refractivity contribution >= 4 is 27.7 Å². The third-order valence-corrected chi connectivity index (χ3v) is 2.93. The second-order valence-electron chi connectivity index (χ2n) is 2.39. The average molecular weight is 250 g/mol. The lowest BCUT2D eigenvalue weighted by molar-refractivity contribution is 0.787.